The summed E-state index contributed by atoms with van der Waals surface area (Å²) in [5.41, 5.74) is 1.24. The molecule has 0 saturated carbocycles. The van der Waals surface area contributed by atoms with Crippen LogP contribution in [0, 0.1) is 12.8 Å². The van der Waals surface area contributed by atoms with Crippen molar-refractivity contribution in [3.05, 3.63) is 42.2 Å². The molecule has 2 aliphatic rings. The van der Waals surface area contributed by atoms with Gasteiger partial charge in [0.1, 0.15) is 5.03 Å². The van der Waals surface area contributed by atoms with Crippen LogP contribution in [0.3, 0.4) is 0 Å². The number of benzene rings is 1. The van der Waals surface area contributed by atoms with Crippen molar-refractivity contribution in [1.82, 2.24) is 14.9 Å². The lowest BCUT2D eigenvalue weighted by Gasteiger charge is -2.37. The van der Waals surface area contributed by atoms with Crippen LogP contribution in [0.15, 0.2) is 46.6 Å². The fourth-order valence-electron chi connectivity index (χ4n) is 3.74. The number of amides is 1. The lowest BCUT2D eigenvalue weighted by atomic mass is 9.96. The first-order valence-electron chi connectivity index (χ1n) is 9.88. The van der Waals surface area contributed by atoms with Crippen molar-refractivity contribution in [2.45, 2.75) is 29.7 Å². The molecule has 1 unspecified atom stereocenters. The molecule has 148 valence electrons. The Bertz CT molecular complexity index is 808. The van der Waals surface area contributed by atoms with E-state index in [1.807, 2.05) is 4.90 Å². The number of aromatic nitrogens is 2. The summed E-state index contributed by atoms with van der Waals surface area (Å²) in [7, 11) is 0. The Balaban J connectivity index is 1.49. The van der Waals surface area contributed by atoms with E-state index in [0.29, 0.717) is 32.8 Å². The van der Waals surface area contributed by atoms with E-state index in [9.17, 15) is 4.79 Å². The Morgan fingerprint density at radius 2 is 1.86 bits per heavy atom. The zero-order valence-corrected chi connectivity index (χ0v) is 17.0. The highest BCUT2D eigenvalue weighted by molar-refractivity contribution is 7.99. The number of carbonyl (C=O) groups excluding carboxylic acids is 1. The van der Waals surface area contributed by atoms with E-state index in [2.05, 4.69) is 46.1 Å². The summed E-state index contributed by atoms with van der Waals surface area (Å²) >= 11 is 1.63. The molecule has 0 bridgehead atoms. The molecular formula is C21H26N4O2S. The third-order valence-corrected chi connectivity index (χ3v) is 6.26. The molecule has 0 N–H and O–H groups in total. The van der Waals surface area contributed by atoms with E-state index >= 15 is 0 Å². The molecule has 2 saturated heterocycles. The number of hydrogen-bond acceptors (Lipinski definition) is 6. The van der Waals surface area contributed by atoms with Gasteiger partial charge in [0.05, 0.1) is 19.1 Å². The highest BCUT2D eigenvalue weighted by Gasteiger charge is 2.31. The number of anilines is 1. The fourth-order valence-corrected chi connectivity index (χ4v) is 4.62. The average Bonchev–Trinajstić information content (AvgIpc) is 2.76. The number of hydrogen-bond donors (Lipinski definition) is 0. The maximum atomic E-state index is 12.9. The molecule has 0 radical (unpaired) electrons. The van der Waals surface area contributed by atoms with Gasteiger partial charge in [0.25, 0.3) is 0 Å². The van der Waals surface area contributed by atoms with E-state index in [1.165, 1.54) is 5.56 Å². The second-order valence-corrected chi connectivity index (χ2v) is 8.39. The van der Waals surface area contributed by atoms with Gasteiger partial charge >= 0.3 is 0 Å². The molecule has 2 aromatic rings. The first-order chi connectivity index (χ1) is 13.7. The third-order valence-electron chi connectivity index (χ3n) is 5.27. The Labute approximate surface area is 170 Å². The molecule has 3 heterocycles. The van der Waals surface area contributed by atoms with Crippen LogP contribution < -0.4 is 4.90 Å². The van der Waals surface area contributed by atoms with Gasteiger partial charge in [0.15, 0.2) is 5.82 Å². The molecule has 2 aliphatic heterocycles. The SMILES string of the molecule is Cc1ccc(Sc2nccnc2N2CCCC(C(=O)N3CCOCC3)C2)cc1. The number of rotatable bonds is 4. The zero-order chi connectivity index (χ0) is 19.3. The summed E-state index contributed by atoms with van der Waals surface area (Å²) < 4.78 is 5.38. The van der Waals surface area contributed by atoms with E-state index in [4.69, 9.17) is 4.74 Å². The number of piperidine rings is 1. The quantitative estimate of drug-likeness (QED) is 0.789. The molecule has 7 heteroatoms. The molecule has 1 amide bonds. The van der Waals surface area contributed by atoms with Gasteiger partial charge in [-0.25, -0.2) is 9.97 Å². The normalized spacial score (nSPS) is 20.2. The van der Waals surface area contributed by atoms with Crippen LogP contribution in [-0.4, -0.2) is 60.2 Å². The lowest BCUT2D eigenvalue weighted by Crippen LogP contribution is -2.48. The van der Waals surface area contributed by atoms with Crippen molar-refractivity contribution in [3.63, 3.8) is 0 Å². The monoisotopic (exact) mass is 398 g/mol. The second-order valence-electron chi connectivity index (χ2n) is 7.32. The molecule has 2 fully saturated rings. The smallest absolute Gasteiger partial charge is 0.227 e. The Kier molecular flexibility index (Phi) is 6.12. The van der Waals surface area contributed by atoms with Crippen LogP contribution in [0.1, 0.15) is 18.4 Å². The van der Waals surface area contributed by atoms with Crippen molar-refractivity contribution in [3.8, 4) is 0 Å². The molecule has 1 aromatic carbocycles. The molecule has 1 atom stereocenters. The highest BCUT2D eigenvalue weighted by Crippen LogP contribution is 2.34. The van der Waals surface area contributed by atoms with Crippen LogP contribution in [-0.2, 0) is 9.53 Å². The molecule has 0 aliphatic carbocycles. The van der Waals surface area contributed by atoms with Crippen molar-refractivity contribution in [2.24, 2.45) is 5.92 Å². The zero-order valence-electron chi connectivity index (χ0n) is 16.2. The van der Waals surface area contributed by atoms with Gasteiger partial charge in [-0.15, -0.1) is 0 Å². The first-order valence-corrected chi connectivity index (χ1v) is 10.7. The van der Waals surface area contributed by atoms with E-state index in [-0.39, 0.29) is 11.8 Å². The topological polar surface area (TPSA) is 58.6 Å². The van der Waals surface area contributed by atoms with E-state index in [1.54, 1.807) is 24.2 Å². The standard InChI is InChI=1S/C21H26N4O2S/c1-16-4-6-18(7-5-16)28-20-19(22-8-9-23-20)25-10-2-3-17(15-25)21(26)24-11-13-27-14-12-24/h4-9,17H,2-3,10-15H2,1H3. The van der Waals surface area contributed by atoms with Crippen LogP contribution in [0.5, 0.6) is 0 Å². The minimum absolute atomic E-state index is 0.0195. The van der Waals surface area contributed by atoms with Crippen LogP contribution >= 0.6 is 11.8 Å². The number of aryl methyl sites for hydroxylation is 1. The van der Waals surface area contributed by atoms with Crippen molar-refractivity contribution in [2.75, 3.05) is 44.3 Å². The summed E-state index contributed by atoms with van der Waals surface area (Å²) in [5, 5.41) is 0.894. The van der Waals surface area contributed by atoms with Gasteiger partial charge in [0.2, 0.25) is 5.91 Å². The van der Waals surface area contributed by atoms with Crippen LogP contribution in [0.2, 0.25) is 0 Å². The van der Waals surface area contributed by atoms with Gasteiger partial charge < -0.3 is 14.5 Å². The summed E-state index contributed by atoms with van der Waals surface area (Å²) in [6.45, 7) is 6.39. The minimum atomic E-state index is 0.0195. The largest absolute Gasteiger partial charge is 0.378 e. The van der Waals surface area contributed by atoms with Gasteiger partial charge in [-0.2, -0.15) is 0 Å². The number of nitrogens with zero attached hydrogens (tertiary/aromatic N) is 4. The number of ether oxygens (including phenoxy) is 1. The molecular weight excluding hydrogens is 372 g/mol. The van der Waals surface area contributed by atoms with E-state index in [0.717, 1.165) is 35.1 Å². The van der Waals surface area contributed by atoms with Crippen molar-refractivity contribution < 1.29 is 9.53 Å². The average molecular weight is 399 g/mol. The van der Waals surface area contributed by atoms with Gasteiger partial charge in [-0.3, -0.25) is 4.79 Å². The van der Waals surface area contributed by atoms with Crippen LogP contribution in [0.4, 0.5) is 5.82 Å². The summed E-state index contributed by atoms with van der Waals surface area (Å²) in [5.74, 6) is 1.16. The minimum Gasteiger partial charge on any atom is -0.378 e. The second kappa shape index (κ2) is 8.92. The maximum absolute atomic E-state index is 12.9. The number of morpholine rings is 1. The maximum Gasteiger partial charge on any atom is 0.227 e. The Hall–Kier alpha value is -2.12. The van der Waals surface area contributed by atoms with Gasteiger partial charge in [0, 0.05) is 43.5 Å². The third kappa shape index (κ3) is 4.47. The molecule has 28 heavy (non-hydrogen) atoms. The van der Waals surface area contributed by atoms with Crippen molar-refractivity contribution >= 4 is 23.5 Å². The highest BCUT2D eigenvalue weighted by atomic mass is 32.2. The summed E-state index contributed by atoms with van der Waals surface area (Å²) in [6.07, 6.45) is 5.40. The Morgan fingerprint density at radius 3 is 2.64 bits per heavy atom. The predicted molar refractivity (Wildman–Crippen MR) is 110 cm³/mol. The van der Waals surface area contributed by atoms with E-state index < -0.39 is 0 Å². The first kappa shape index (κ1) is 19.2. The van der Waals surface area contributed by atoms with Gasteiger partial charge in [-0.1, -0.05) is 29.5 Å². The molecule has 0 spiro atoms. The van der Waals surface area contributed by atoms with Crippen LogP contribution in [0.25, 0.3) is 0 Å². The number of carbonyl (C=O) groups is 1. The molecule has 6 nitrogen and oxygen atoms in total. The Morgan fingerprint density at radius 1 is 1.11 bits per heavy atom. The van der Waals surface area contributed by atoms with Crippen molar-refractivity contribution in [1.29, 1.82) is 0 Å². The fraction of sp³-hybridized carbons (Fsp3) is 0.476. The molecule has 1 aromatic heterocycles. The lowest BCUT2D eigenvalue weighted by molar-refractivity contribution is -0.139. The summed E-state index contributed by atoms with van der Waals surface area (Å²) in [4.78, 5) is 27.5. The molecule has 4 rings (SSSR count). The predicted octanol–water partition coefficient (Wildman–Crippen LogP) is 3.01. The summed E-state index contributed by atoms with van der Waals surface area (Å²) in [6, 6.07) is 8.44. The van der Waals surface area contributed by atoms with Gasteiger partial charge in [-0.05, 0) is 31.9 Å².